The smallest absolute Gasteiger partial charge is 0.253 e. The van der Waals surface area contributed by atoms with Crippen LogP contribution in [-0.4, -0.2) is 42.2 Å². The minimum atomic E-state index is -0.276. The highest BCUT2D eigenvalue weighted by Gasteiger charge is 2.44. The van der Waals surface area contributed by atoms with Crippen LogP contribution in [0.1, 0.15) is 35.2 Å². The summed E-state index contributed by atoms with van der Waals surface area (Å²) in [7, 11) is 0. The minimum absolute atomic E-state index is 0.00263. The molecule has 0 aliphatic carbocycles. The van der Waals surface area contributed by atoms with E-state index in [4.69, 9.17) is 14.2 Å². The first kappa shape index (κ1) is 22.4. The molecule has 5 rings (SSSR count). The van der Waals surface area contributed by atoms with Gasteiger partial charge in [-0.25, -0.2) is 4.39 Å². The fourth-order valence-corrected chi connectivity index (χ4v) is 4.68. The van der Waals surface area contributed by atoms with Gasteiger partial charge >= 0.3 is 0 Å². The molecule has 2 saturated heterocycles. The number of nitrogens with zero attached hydrogens (tertiary/aromatic N) is 1. The van der Waals surface area contributed by atoms with Crippen molar-refractivity contribution in [2.75, 3.05) is 19.7 Å². The number of likely N-dealkylation sites (tertiary alicyclic amines) is 1. The Hall–Kier alpha value is -3.38. The van der Waals surface area contributed by atoms with E-state index >= 15 is 0 Å². The first-order chi connectivity index (χ1) is 16.6. The Morgan fingerprint density at radius 3 is 2.47 bits per heavy atom. The summed E-state index contributed by atoms with van der Waals surface area (Å²) in [6, 6.07) is 23.3. The van der Waals surface area contributed by atoms with E-state index in [0.29, 0.717) is 37.6 Å². The average molecular weight is 462 g/mol. The lowest BCUT2D eigenvalue weighted by Gasteiger charge is -2.38. The number of rotatable bonds is 6. The number of benzene rings is 3. The van der Waals surface area contributed by atoms with E-state index < -0.39 is 0 Å². The molecule has 5 nitrogen and oxygen atoms in total. The van der Waals surface area contributed by atoms with Gasteiger partial charge in [0.05, 0.1) is 12.2 Å². The number of carbonyl (C=O) groups excluding carboxylic acids is 1. The standard InChI is InChI=1S/C28H28FNO4/c29-23-11-9-21(10-12-23)19-32-25-8-4-5-22(17-25)27(31)30-15-13-28(14-16-30)18-26(20-33-28)34-24-6-2-1-3-7-24/h1-12,17,26H,13-16,18-20H2/t26-/m0/s1. The quantitative estimate of drug-likeness (QED) is 0.503. The molecule has 1 amide bonds. The van der Waals surface area contributed by atoms with Crippen LogP contribution in [0.25, 0.3) is 0 Å². The van der Waals surface area contributed by atoms with Gasteiger partial charge in [-0.15, -0.1) is 0 Å². The van der Waals surface area contributed by atoms with Crippen LogP contribution < -0.4 is 9.47 Å². The van der Waals surface area contributed by atoms with E-state index in [2.05, 4.69) is 0 Å². The van der Waals surface area contributed by atoms with Crippen molar-refractivity contribution in [1.82, 2.24) is 4.90 Å². The summed E-state index contributed by atoms with van der Waals surface area (Å²) in [6.07, 6.45) is 2.48. The number of amides is 1. The van der Waals surface area contributed by atoms with Crippen molar-refractivity contribution in [2.24, 2.45) is 0 Å². The van der Waals surface area contributed by atoms with Crippen LogP contribution in [0.5, 0.6) is 11.5 Å². The lowest BCUT2D eigenvalue weighted by atomic mass is 9.87. The van der Waals surface area contributed by atoms with Crippen molar-refractivity contribution in [3.05, 3.63) is 95.8 Å². The lowest BCUT2D eigenvalue weighted by Crippen LogP contribution is -2.46. The molecule has 176 valence electrons. The van der Waals surface area contributed by atoms with Gasteiger partial charge in [-0.2, -0.15) is 0 Å². The van der Waals surface area contributed by atoms with Gasteiger partial charge in [-0.05, 0) is 60.9 Å². The first-order valence-corrected chi connectivity index (χ1v) is 11.7. The average Bonchev–Trinajstić information content (AvgIpc) is 3.26. The monoisotopic (exact) mass is 461 g/mol. The SMILES string of the molecule is O=C(c1cccc(OCc2ccc(F)cc2)c1)N1CCC2(CC1)C[C@H](Oc1ccccc1)CO2. The third-order valence-corrected chi connectivity index (χ3v) is 6.58. The van der Waals surface area contributed by atoms with Gasteiger partial charge in [0.15, 0.2) is 0 Å². The molecule has 1 spiro atoms. The number of hydrogen-bond acceptors (Lipinski definition) is 4. The minimum Gasteiger partial charge on any atom is -0.489 e. The van der Waals surface area contributed by atoms with Gasteiger partial charge in [-0.1, -0.05) is 36.4 Å². The summed E-state index contributed by atoms with van der Waals surface area (Å²) in [6.45, 7) is 2.19. The molecular weight excluding hydrogens is 433 g/mol. The Bertz CT molecular complexity index is 1110. The van der Waals surface area contributed by atoms with E-state index in [9.17, 15) is 9.18 Å². The molecule has 2 fully saturated rings. The molecule has 0 bridgehead atoms. The number of halogens is 1. The van der Waals surface area contributed by atoms with Crippen LogP contribution in [0.15, 0.2) is 78.9 Å². The summed E-state index contributed by atoms with van der Waals surface area (Å²) < 4.78 is 31.2. The Kier molecular flexibility index (Phi) is 6.50. The number of piperidine rings is 1. The number of hydrogen-bond donors (Lipinski definition) is 0. The predicted octanol–water partition coefficient (Wildman–Crippen LogP) is 5.25. The van der Waals surface area contributed by atoms with Crippen LogP contribution in [0.3, 0.4) is 0 Å². The van der Waals surface area contributed by atoms with Crippen LogP contribution >= 0.6 is 0 Å². The van der Waals surface area contributed by atoms with Crippen LogP contribution in [0.2, 0.25) is 0 Å². The van der Waals surface area contributed by atoms with Crippen LogP contribution in [-0.2, 0) is 11.3 Å². The molecule has 2 aliphatic rings. The summed E-state index contributed by atoms with van der Waals surface area (Å²) in [5, 5.41) is 0. The van der Waals surface area contributed by atoms with Crippen molar-refractivity contribution in [3.63, 3.8) is 0 Å². The number of para-hydroxylation sites is 1. The fraction of sp³-hybridized carbons (Fsp3) is 0.321. The second kappa shape index (κ2) is 9.85. The summed E-state index contributed by atoms with van der Waals surface area (Å²) in [5.41, 5.74) is 1.26. The maximum Gasteiger partial charge on any atom is 0.253 e. The predicted molar refractivity (Wildman–Crippen MR) is 126 cm³/mol. The third-order valence-electron chi connectivity index (χ3n) is 6.58. The molecule has 34 heavy (non-hydrogen) atoms. The summed E-state index contributed by atoms with van der Waals surface area (Å²) >= 11 is 0. The topological polar surface area (TPSA) is 48.0 Å². The van der Waals surface area contributed by atoms with Crippen molar-refractivity contribution in [3.8, 4) is 11.5 Å². The Morgan fingerprint density at radius 2 is 1.71 bits per heavy atom. The molecular formula is C28H28FNO4. The van der Waals surface area contributed by atoms with Crippen molar-refractivity contribution in [2.45, 2.75) is 37.6 Å². The summed E-state index contributed by atoms with van der Waals surface area (Å²) in [5.74, 6) is 1.20. The Morgan fingerprint density at radius 1 is 0.971 bits per heavy atom. The molecule has 3 aromatic carbocycles. The van der Waals surface area contributed by atoms with Gasteiger partial charge < -0.3 is 19.1 Å². The maximum atomic E-state index is 13.1. The van der Waals surface area contributed by atoms with Crippen molar-refractivity contribution in [1.29, 1.82) is 0 Å². The van der Waals surface area contributed by atoms with Crippen LogP contribution in [0, 0.1) is 5.82 Å². The van der Waals surface area contributed by atoms with Gasteiger partial charge in [0.25, 0.3) is 5.91 Å². The zero-order valence-electron chi connectivity index (χ0n) is 19.0. The largest absolute Gasteiger partial charge is 0.489 e. The Labute approximate surface area is 199 Å². The van der Waals surface area contributed by atoms with Crippen molar-refractivity contribution < 1.29 is 23.4 Å². The Balaban J connectivity index is 1.14. The van der Waals surface area contributed by atoms with E-state index in [1.165, 1.54) is 12.1 Å². The molecule has 6 heteroatoms. The highest BCUT2D eigenvalue weighted by molar-refractivity contribution is 5.94. The van der Waals surface area contributed by atoms with E-state index in [0.717, 1.165) is 30.6 Å². The second-order valence-electron chi connectivity index (χ2n) is 8.99. The zero-order valence-corrected chi connectivity index (χ0v) is 19.0. The van der Waals surface area contributed by atoms with Gasteiger partial charge in [0, 0.05) is 25.1 Å². The molecule has 0 unspecified atom stereocenters. The van der Waals surface area contributed by atoms with Gasteiger partial charge in [-0.3, -0.25) is 4.79 Å². The number of carbonyl (C=O) groups is 1. The molecule has 0 aromatic heterocycles. The van der Waals surface area contributed by atoms with E-state index in [-0.39, 0.29) is 23.4 Å². The normalized spacial score (nSPS) is 19.2. The molecule has 0 N–H and O–H groups in total. The van der Waals surface area contributed by atoms with Crippen molar-refractivity contribution >= 4 is 5.91 Å². The van der Waals surface area contributed by atoms with Gasteiger partial charge in [0.2, 0.25) is 0 Å². The zero-order chi connectivity index (χ0) is 23.4. The first-order valence-electron chi connectivity index (χ1n) is 11.7. The molecule has 2 heterocycles. The third kappa shape index (κ3) is 5.23. The van der Waals surface area contributed by atoms with Gasteiger partial charge in [0.1, 0.15) is 30.0 Å². The maximum absolute atomic E-state index is 13.1. The summed E-state index contributed by atoms with van der Waals surface area (Å²) in [4.78, 5) is 15.0. The molecule has 2 aliphatic heterocycles. The highest BCUT2D eigenvalue weighted by Crippen LogP contribution is 2.37. The highest BCUT2D eigenvalue weighted by atomic mass is 19.1. The second-order valence-corrected chi connectivity index (χ2v) is 8.99. The molecule has 3 aromatic rings. The fourth-order valence-electron chi connectivity index (χ4n) is 4.68. The molecule has 1 atom stereocenters. The molecule has 0 radical (unpaired) electrons. The van der Waals surface area contributed by atoms with E-state index in [1.54, 1.807) is 18.2 Å². The lowest BCUT2D eigenvalue weighted by molar-refractivity contribution is -0.0395. The number of ether oxygens (including phenoxy) is 3. The van der Waals surface area contributed by atoms with Crippen LogP contribution in [0.4, 0.5) is 4.39 Å². The van der Waals surface area contributed by atoms with E-state index in [1.807, 2.05) is 53.4 Å². The molecule has 0 saturated carbocycles.